The summed E-state index contributed by atoms with van der Waals surface area (Å²) in [6.45, 7) is 5.68. The van der Waals surface area contributed by atoms with E-state index < -0.39 is 34.0 Å². The maximum absolute atomic E-state index is 13.3. The Morgan fingerprint density at radius 2 is 1.62 bits per heavy atom. The molecule has 202 valence electrons. The van der Waals surface area contributed by atoms with E-state index in [4.69, 9.17) is 0 Å². The summed E-state index contributed by atoms with van der Waals surface area (Å²) in [6, 6.07) is 10.2. The number of carboxylic acids is 1. The molecule has 2 rings (SSSR count). The van der Waals surface area contributed by atoms with Gasteiger partial charge in [0.2, 0.25) is 10.0 Å². The average Bonchev–Trinajstić information content (AvgIpc) is 2.83. The van der Waals surface area contributed by atoms with Crippen molar-refractivity contribution in [3.8, 4) is 5.75 Å². The van der Waals surface area contributed by atoms with Crippen molar-refractivity contribution in [2.75, 3.05) is 13.1 Å². The van der Waals surface area contributed by atoms with Crippen LogP contribution in [-0.2, 0) is 14.8 Å². The molecule has 0 aliphatic carbocycles. The average molecular weight is 535 g/mol. The van der Waals surface area contributed by atoms with E-state index in [0.29, 0.717) is 12.8 Å². The fourth-order valence-electron chi connectivity index (χ4n) is 3.54. The first-order valence-electron chi connectivity index (χ1n) is 11.9. The van der Waals surface area contributed by atoms with Gasteiger partial charge in [0.05, 0.1) is 10.5 Å². The minimum absolute atomic E-state index is 0.00551. The molecule has 0 fully saturated rings. The van der Waals surface area contributed by atoms with Crippen LogP contribution in [0.15, 0.2) is 53.4 Å². The molecule has 12 heteroatoms. The zero-order valence-corrected chi connectivity index (χ0v) is 21.9. The summed E-state index contributed by atoms with van der Waals surface area (Å²) in [7, 11) is -4.04. The van der Waals surface area contributed by atoms with Gasteiger partial charge in [-0.25, -0.2) is 18.6 Å². The Morgan fingerprint density at radius 3 is 2.22 bits per heavy atom. The number of aryl methyl sites for hydroxylation is 1. The number of hydrazine groups is 1. The number of hydrogen-bond acceptors (Lipinski definition) is 6. The van der Waals surface area contributed by atoms with Crippen LogP contribution in [0.2, 0.25) is 0 Å². The van der Waals surface area contributed by atoms with Crippen molar-refractivity contribution >= 4 is 27.9 Å². The molecule has 0 spiro atoms. The molecule has 0 aromatic heterocycles. The monoisotopic (exact) mass is 534 g/mol. The third-order valence-corrected chi connectivity index (χ3v) is 7.32. The highest BCUT2D eigenvalue weighted by atomic mass is 32.2. The van der Waals surface area contributed by atoms with Gasteiger partial charge in [0.25, 0.3) is 5.91 Å². The van der Waals surface area contributed by atoms with Crippen LogP contribution in [0.4, 0.5) is 4.79 Å². The summed E-state index contributed by atoms with van der Waals surface area (Å²) in [5.74, 6) is -2.27. The third kappa shape index (κ3) is 8.76. The number of aliphatic carboxylic acids is 1. The Labute approximate surface area is 216 Å². The van der Waals surface area contributed by atoms with Gasteiger partial charge in [-0.05, 0) is 56.4 Å². The van der Waals surface area contributed by atoms with Crippen molar-refractivity contribution in [2.45, 2.75) is 51.0 Å². The molecule has 5 N–H and O–H groups in total. The van der Waals surface area contributed by atoms with E-state index in [9.17, 15) is 33.0 Å². The van der Waals surface area contributed by atoms with E-state index in [2.05, 4.69) is 16.2 Å². The van der Waals surface area contributed by atoms with Crippen molar-refractivity contribution in [1.82, 2.24) is 20.5 Å². The van der Waals surface area contributed by atoms with Crippen molar-refractivity contribution in [2.24, 2.45) is 5.92 Å². The molecule has 0 bridgehead atoms. The highest BCUT2D eigenvalue weighted by molar-refractivity contribution is 7.89. The maximum Gasteiger partial charge on any atom is 0.333 e. The Hall–Kier alpha value is -3.64. The molecule has 0 saturated carbocycles. The number of phenolic OH excluding ortho intramolecular Hbond substituents is 1. The topological polar surface area (TPSA) is 165 Å². The lowest BCUT2D eigenvalue weighted by Gasteiger charge is -2.29. The van der Waals surface area contributed by atoms with E-state index in [1.165, 1.54) is 24.3 Å². The molecule has 0 unspecified atom stereocenters. The number of carbonyl (C=O) groups excluding carboxylic acids is 2. The Balaban J connectivity index is 1.91. The van der Waals surface area contributed by atoms with Crippen molar-refractivity contribution < 1.29 is 33.0 Å². The van der Waals surface area contributed by atoms with Gasteiger partial charge >= 0.3 is 12.0 Å². The number of sulfonamides is 1. The molecule has 3 amide bonds. The Kier molecular flexibility index (Phi) is 10.9. The van der Waals surface area contributed by atoms with E-state index in [-0.39, 0.29) is 41.6 Å². The molecule has 37 heavy (non-hydrogen) atoms. The summed E-state index contributed by atoms with van der Waals surface area (Å²) in [5.41, 5.74) is 5.22. The molecular weight excluding hydrogens is 500 g/mol. The number of phenols is 1. The fraction of sp³-hybridized carbons (Fsp3) is 0.400. The smallest absolute Gasteiger partial charge is 0.333 e. The van der Waals surface area contributed by atoms with Crippen molar-refractivity contribution in [3.05, 3.63) is 59.7 Å². The first-order chi connectivity index (χ1) is 17.4. The van der Waals surface area contributed by atoms with Gasteiger partial charge in [-0.2, -0.15) is 4.31 Å². The normalized spacial score (nSPS) is 12.2. The van der Waals surface area contributed by atoms with Crippen LogP contribution in [-0.4, -0.2) is 60.0 Å². The van der Waals surface area contributed by atoms with E-state index in [0.717, 1.165) is 9.87 Å². The summed E-state index contributed by atoms with van der Waals surface area (Å²) >= 11 is 0. The summed E-state index contributed by atoms with van der Waals surface area (Å²) in [6.07, 6.45) is 0.769. The first kappa shape index (κ1) is 29.6. The number of unbranched alkanes of at least 4 members (excludes halogenated alkanes) is 1. The SMILES string of the molecule is Cc1ccc(S(=O)(=O)N(CC(C)C)[C@@H](CCCCNC(=O)NNC(=O)c2ccccc2O)C(=O)O)cc1. The second kappa shape index (κ2) is 13.6. The number of hydrogen-bond donors (Lipinski definition) is 5. The summed E-state index contributed by atoms with van der Waals surface area (Å²) in [5, 5.41) is 22.0. The van der Waals surface area contributed by atoms with Crippen molar-refractivity contribution in [3.63, 3.8) is 0 Å². The van der Waals surface area contributed by atoms with Gasteiger partial charge in [-0.1, -0.05) is 43.7 Å². The van der Waals surface area contributed by atoms with E-state index in [1.807, 2.05) is 20.8 Å². The predicted molar refractivity (Wildman–Crippen MR) is 137 cm³/mol. The molecule has 0 saturated heterocycles. The quantitative estimate of drug-likeness (QED) is 0.206. The van der Waals surface area contributed by atoms with Gasteiger partial charge < -0.3 is 15.5 Å². The molecule has 0 heterocycles. The highest BCUT2D eigenvalue weighted by Crippen LogP contribution is 2.23. The van der Waals surface area contributed by atoms with Crippen LogP contribution >= 0.6 is 0 Å². The van der Waals surface area contributed by atoms with Crippen LogP contribution in [0, 0.1) is 12.8 Å². The fourth-order valence-corrected chi connectivity index (χ4v) is 5.32. The van der Waals surface area contributed by atoms with E-state index in [1.54, 1.807) is 24.3 Å². The number of nitrogens with one attached hydrogen (secondary N) is 3. The van der Waals surface area contributed by atoms with Gasteiger partial charge in [0, 0.05) is 13.1 Å². The second-order valence-corrected chi connectivity index (χ2v) is 10.9. The van der Waals surface area contributed by atoms with E-state index >= 15 is 0 Å². The largest absolute Gasteiger partial charge is 0.507 e. The lowest BCUT2D eigenvalue weighted by atomic mass is 10.1. The summed E-state index contributed by atoms with van der Waals surface area (Å²) < 4.78 is 27.6. The van der Waals surface area contributed by atoms with Crippen LogP contribution in [0.3, 0.4) is 0 Å². The van der Waals surface area contributed by atoms with Gasteiger partial charge in [-0.15, -0.1) is 0 Å². The molecular formula is C25H34N4O7S. The number of aromatic hydroxyl groups is 1. The Morgan fingerprint density at radius 1 is 0.973 bits per heavy atom. The minimum atomic E-state index is -4.04. The van der Waals surface area contributed by atoms with Crippen LogP contribution in [0.5, 0.6) is 5.75 Å². The Bertz CT molecular complexity index is 1180. The highest BCUT2D eigenvalue weighted by Gasteiger charge is 2.35. The number of para-hydroxylation sites is 1. The number of nitrogens with zero attached hydrogens (tertiary/aromatic N) is 1. The number of carboxylic acid groups (broad SMARTS) is 1. The molecule has 0 aliphatic heterocycles. The lowest BCUT2D eigenvalue weighted by molar-refractivity contribution is -0.141. The minimum Gasteiger partial charge on any atom is -0.507 e. The number of urea groups is 1. The molecule has 11 nitrogen and oxygen atoms in total. The van der Waals surface area contributed by atoms with Crippen LogP contribution in [0.1, 0.15) is 49.0 Å². The second-order valence-electron chi connectivity index (χ2n) is 8.98. The van der Waals surface area contributed by atoms with Gasteiger partial charge in [-0.3, -0.25) is 15.0 Å². The molecule has 2 aromatic carbocycles. The number of benzene rings is 2. The summed E-state index contributed by atoms with van der Waals surface area (Å²) in [4.78, 5) is 36.0. The number of carbonyl (C=O) groups is 3. The number of rotatable bonds is 12. The predicted octanol–water partition coefficient (Wildman–Crippen LogP) is 2.62. The first-order valence-corrected chi connectivity index (χ1v) is 13.3. The number of amides is 3. The molecule has 1 atom stereocenters. The zero-order valence-electron chi connectivity index (χ0n) is 21.1. The van der Waals surface area contributed by atoms with Gasteiger partial charge in [0.15, 0.2) is 0 Å². The van der Waals surface area contributed by atoms with Crippen molar-refractivity contribution in [1.29, 1.82) is 0 Å². The maximum atomic E-state index is 13.3. The molecule has 0 radical (unpaired) electrons. The van der Waals surface area contributed by atoms with Crippen LogP contribution < -0.4 is 16.2 Å². The molecule has 2 aromatic rings. The zero-order chi connectivity index (χ0) is 27.6. The third-order valence-electron chi connectivity index (χ3n) is 5.43. The molecule has 0 aliphatic rings. The van der Waals surface area contributed by atoms with Crippen LogP contribution in [0.25, 0.3) is 0 Å². The lowest BCUT2D eigenvalue weighted by Crippen LogP contribution is -2.47. The van der Waals surface area contributed by atoms with Gasteiger partial charge in [0.1, 0.15) is 11.8 Å². The standard InChI is InChI=1S/C25H34N4O7S/c1-17(2)16-29(37(35,36)19-13-11-18(3)12-14-19)21(24(32)33)9-6-7-15-26-25(34)28-27-23(31)20-8-4-5-10-22(20)30/h4-5,8,10-14,17,21,30H,6-7,9,15-16H2,1-3H3,(H,27,31)(H,32,33)(H2,26,28,34)/t21-/m0/s1.